The van der Waals surface area contributed by atoms with Crippen molar-refractivity contribution in [1.29, 1.82) is 0 Å². The quantitative estimate of drug-likeness (QED) is 0.267. The molecule has 0 aliphatic heterocycles. The van der Waals surface area contributed by atoms with Crippen LogP contribution in [0.4, 0.5) is 0 Å². The number of amides is 1. The van der Waals surface area contributed by atoms with Crippen LogP contribution >= 0.6 is 34.8 Å². The van der Waals surface area contributed by atoms with E-state index >= 15 is 0 Å². The number of halogens is 3. The van der Waals surface area contributed by atoms with Crippen molar-refractivity contribution in [3.05, 3.63) is 86.9 Å². The maximum absolute atomic E-state index is 12.5. The van der Waals surface area contributed by atoms with Crippen LogP contribution in [-0.2, 0) is 10.1 Å². The maximum Gasteiger partial charge on any atom is 0.339 e. The number of carbonyl (C=O) groups excluding carboxylic acids is 1. The predicted octanol–water partition coefficient (Wildman–Crippen LogP) is 5.19. The fraction of sp³-hybridized carbons (Fsp3) is 0.0476. The van der Waals surface area contributed by atoms with E-state index in [-0.39, 0.29) is 32.0 Å². The van der Waals surface area contributed by atoms with Crippen molar-refractivity contribution < 1.29 is 22.1 Å². The van der Waals surface area contributed by atoms with Gasteiger partial charge < -0.3 is 8.92 Å². The van der Waals surface area contributed by atoms with Crippen LogP contribution < -0.4 is 14.3 Å². The fourth-order valence-corrected chi connectivity index (χ4v) is 4.09. The molecule has 3 rings (SSSR count). The molecule has 0 fully saturated rings. The first kappa shape index (κ1) is 23.9. The molecule has 1 amide bonds. The molecule has 0 bridgehead atoms. The van der Waals surface area contributed by atoms with Crippen molar-refractivity contribution in [2.75, 3.05) is 7.11 Å². The number of hydrazone groups is 1. The van der Waals surface area contributed by atoms with E-state index in [2.05, 4.69) is 10.5 Å². The van der Waals surface area contributed by atoms with E-state index in [1.54, 1.807) is 18.2 Å². The van der Waals surface area contributed by atoms with E-state index in [4.69, 9.17) is 43.7 Å². The van der Waals surface area contributed by atoms with Gasteiger partial charge in [0.05, 0.1) is 28.4 Å². The number of rotatable bonds is 7. The van der Waals surface area contributed by atoms with Crippen LogP contribution in [0.25, 0.3) is 0 Å². The van der Waals surface area contributed by atoms with Crippen LogP contribution in [0.1, 0.15) is 15.9 Å². The smallest absolute Gasteiger partial charge is 0.339 e. The average Bonchev–Trinajstić information content (AvgIpc) is 2.77. The van der Waals surface area contributed by atoms with Crippen LogP contribution in [0.3, 0.4) is 0 Å². The molecule has 0 atom stereocenters. The Morgan fingerprint density at radius 1 is 0.969 bits per heavy atom. The molecule has 0 spiro atoms. The van der Waals surface area contributed by atoms with E-state index in [0.29, 0.717) is 10.6 Å². The predicted molar refractivity (Wildman–Crippen MR) is 124 cm³/mol. The highest BCUT2D eigenvalue weighted by atomic mass is 35.5. The second-order valence-corrected chi connectivity index (χ2v) is 8.98. The van der Waals surface area contributed by atoms with E-state index in [0.717, 1.165) is 0 Å². The Labute approximate surface area is 199 Å². The van der Waals surface area contributed by atoms with Crippen molar-refractivity contribution in [2.24, 2.45) is 5.10 Å². The molecule has 0 aliphatic rings. The Bertz CT molecular complexity index is 1280. The molecule has 0 saturated heterocycles. The minimum Gasteiger partial charge on any atom is -0.493 e. The number of benzene rings is 3. The summed E-state index contributed by atoms with van der Waals surface area (Å²) in [5.41, 5.74) is 3.03. The van der Waals surface area contributed by atoms with Gasteiger partial charge in [0.2, 0.25) is 5.75 Å². The zero-order valence-electron chi connectivity index (χ0n) is 16.4. The van der Waals surface area contributed by atoms with Crippen molar-refractivity contribution in [1.82, 2.24) is 5.43 Å². The SMILES string of the molecule is COc1cc(/C=N\NC(=O)c2ccc(Cl)c(Cl)c2)cc(Cl)c1OS(=O)(=O)c1ccccc1. The summed E-state index contributed by atoms with van der Waals surface area (Å²) >= 11 is 18.0. The molecule has 11 heteroatoms. The summed E-state index contributed by atoms with van der Waals surface area (Å²) in [6.45, 7) is 0. The number of ether oxygens (including phenoxy) is 1. The molecule has 3 aromatic rings. The van der Waals surface area contributed by atoms with Gasteiger partial charge in [-0.3, -0.25) is 4.79 Å². The van der Waals surface area contributed by atoms with Gasteiger partial charge in [-0.2, -0.15) is 13.5 Å². The molecule has 0 saturated carbocycles. The normalized spacial score (nSPS) is 11.4. The van der Waals surface area contributed by atoms with Gasteiger partial charge in [0.25, 0.3) is 5.91 Å². The van der Waals surface area contributed by atoms with Gasteiger partial charge in [-0.1, -0.05) is 53.0 Å². The summed E-state index contributed by atoms with van der Waals surface area (Å²) in [5.74, 6) is -0.615. The second-order valence-electron chi connectivity index (χ2n) is 6.21. The average molecular weight is 514 g/mol. The minimum absolute atomic E-state index is 0.0267. The third-order valence-corrected chi connectivity index (χ3v) is 6.29. The number of hydrogen-bond donors (Lipinski definition) is 1. The summed E-state index contributed by atoms with van der Waals surface area (Å²) in [5, 5.41) is 4.40. The van der Waals surface area contributed by atoms with E-state index < -0.39 is 16.0 Å². The lowest BCUT2D eigenvalue weighted by atomic mass is 10.2. The summed E-state index contributed by atoms with van der Waals surface area (Å²) in [6.07, 6.45) is 1.30. The van der Waals surface area contributed by atoms with Gasteiger partial charge >= 0.3 is 10.1 Å². The Kier molecular flexibility index (Phi) is 7.63. The Hall–Kier alpha value is -2.78. The number of methoxy groups -OCH3 is 1. The van der Waals surface area contributed by atoms with Crippen molar-refractivity contribution in [3.63, 3.8) is 0 Å². The third kappa shape index (κ3) is 5.72. The maximum atomic E-state index is 12.5. The molecule has 0 radical (unpaired) electrons. The molecule has 0 heterocycles. The molecular weight excluding hydrogens is 499 g/mol. The highest BCUT2D eigenvalue weighted by molar-refractivity contribution is 7.87. The topological polar surface area (TPSA) is 94.1 Å². The van der Waals surface area contributed by atoms with Crippen LogP contribution in [0.15, 0.2) is 70.7 Å². The van der Waals surface area contributed by atoms with Crippen LogP contribution in [-0.4, -0.2) is 27.6 Å². The van der Waals surface area contributed by atoms with Crippen LogP contribution in [0.5, 0.6) is 11.5 Å². The molecule has 32 heavy (non-hydrogen) atoms. The van der Waals surface area contributed by atoms with Gasteiger partial charge in [0.15, 0.2) is 5.75 Å². The molecule has 0 aromatic heterocycles. The van der Waals surface area contributed by atoms with Gasteiger partial charge in [-0.25, -0.2) is 5.43 Å². The van der Waals surface area contributed by atoms with E-state index in [9.17, 15) is 13.2 Å². The zero-order valence-corrected chi connectivity index (χ0v) is 19.5. The summed E-state index contributed by atoms with van der Waals surface area (Å²) in [7, 11) is -2.79. The number of nitrogens with zero attached hydrogens (tertiary/aromatic N) is 1. The standard InChI is InChI=1S/C21H15Cl3N2O5S/c1-30-19-10-13(12-25-26-21(27)14-7-8-16(22)17(23)11-14)9-18(24)20(19)31-32(28,29)15-5-3-2-4-6-15/h2-12H,1H3,(H,26,27)/b25-12-. The molecule has 7 nitrogen and oxygen atoms in total. The minimum atomic E-state index is -4.12. The molecular formula is C21H15Cl3N2O5S. The lowest BCUT2D eigenvalue weighted by Gasteiger charge is -2.13. The number of carbonyl (C=O) groups is 1. The monoisotopic (exact) mass is 512 g/mol. The highest BCUT2D eigenvalue weighted by Gasteiger charge is 2.22. The van der Waals surface area contributed by atoms with Gasteiger partial charge in [-0.05, 0) is 48.0 Å². The Morgan fingerprint density at radius 2 is 1.69 bits per heavy atom. The zero-order chi connectivity index (χ0) is 23.3. The summed E-state index contributed by atoms with van der Waals surface area (Å²) < 4.78 is 35.4. The number of hydrogen-bond acceptors (Lipinski definition) is 6. The third-order valence-electron chi connectivity index (χ3n) is 4.04. The molecule has 1 N–H and O–H groups in total. The molecule has 0 unspecified atom stereocenters. The molecule has 3 aromatic carbocycles. The van der Waals surface area contributed by atoms with E-state index in [1.165, 1.54) is 55.8 Å². The Morgan fingerprint density at radius 3 is 2.34 bits per heavy atom. The lowest BCUT2D eigenvalue weighted by Crippen LogP contribution is -2.17. The highest BCUT2D eigenvalue weighted by Crippen LogP contribution is 2.38. The van der Waals surface area contributed by atoms with Crippen LogP contribution in [0.2, 0.25) is 15.1 Å². The summed E-state index contributed by atoms with van der Waals surface area (Å²) in [4.78, 5) is 12.1. The first-order chi connectivity index (χ1) is 15.2. The number of nitrogens with one attached hydrogen (secondary N) is 1. The summed E-state index contributed by atoms with van der Waals surface area (Å²) in [6, 6.07) is 14.9. The second kappa shape index (κ2) is 10.2. The van der Waals surface area contributed by atoms with Crippen molar-refractivity contribution in [3.8, 4) is 11.5 Å². The van der Waals surface area contributed by atoms with Gasteiger partial charge in [0, 0.05) is 5.56 Å². The largest absolute Gasteiger partial charge is 0.493 e. The van der Waals surface area contributed by atoms with Crippen molar-refractivity contribution in [2.45, 2.75) is 4.90 Å². The first-order valence-electron chi connectivity index (χ1n) is 8.87. The van der Waals surface area contributed by atoms with Crippen LogP contribution in [0, 0.1) is 0 Å². The van der Waals surface area contributed by atoms with E-state index in [1.807, 2.05) is 0 Å². The van der Waals surface area contributed by atoms with Crippen molar-refractivity contribution >= 4 is 57.0 Å². The van der Waals surface area contributed by atoms with Gasteiger partial charge in [-0.15, -0.1) is 0 Å². The first-order valence-corrected chi connectivity index (χ1v) is 11.4. The molecule has 166 valence electrons. The fourth-order valence-electron chi connectivity index (χ4n) is 2.51. The lowest BCUT2D eigenvalue weighted by molar-refractivity contribution is 0.0955. The Balaban J connectivity index is 1.78. The molecule has 0 aliphatic carbocycles. The van der Waals surface area contributed by atoms with Gasteiger partial charge in [0.1, 0.15) is 4.90 Å².